The average Bonchev–Trinajstić information content (AvgIpc) is 2.40. The van der Waals surface area contributed by atoms with Crippen LogP contribution in [-0.2, 0) is 0 Å². The highest BCUT2D eigenvalue weighted by Crippen LogP contribution is 2.30. The highest BCUT2D eigenvalue weighted by atomic mass is 15.2. The van der Waals surface area contributed by atoms with Crippen LogP contribution in [0.4, 0.5) is 11.4 Å². The van der Waals surface area contributed by atoms with Crippen molar-refractivity contribution >= 4 is 11.4 Å². The molecule has 0 aromatic heterocycles. The summed E-state index contributed by atoms with van der Waals surface area (Å²) >= 11 is 0. The van der Waals surface area contributed by atoms with Crippen LogP contribution in [0.1, 0.15) is 18.9 Å². The summed E-state index contributed by atoms with van der Waals surface area (Å²) in [6, 6.07) is 6.70. The molecule has 94 valence electrons. The van der Waals surface area contributed by atoms with E-state index in [2.05, 4.69) is 36.8 Å². The van der Waals surface area contributed by atoms with Crippen LogP contribution < -0.4 is 10.6 Å². The highest BCUT2D eigenvalue weighted by Gasteiger charge is 2.22. The molecule has 1 unspecified atom stereocenters. The molecule has 1 atom stereocenters. The first-order valence-electron chi connectivity index (χ1n) is 6.40. The van der Waals surface area contributed by atoms with Gasteiger partial charge in [-0.25, -0.2) is 0 Å². The van der Waals surface area contributed by atoms with Gasteiger partial charge in [0.25, 0.3) is 0 Å². The molecule has 1 saturated heterocycles. The second kappa shape index (κ2) is 4.96. The molecule has 0 amide bonds. The number of nitrogen functional groups attached to an aromatic ring is 1. The summed E-state index contributed by atoms with van der Waals surface area (Å²) in [5.41, 5.74) is 9.56. The third-order valence-corrected chi connectivity index (χ3v) is 3.60. The maximum atomic E-state index is 6.14. The summed E-state index contributed by atoms with van der Waals surface area (Å²) in [6.07, 6.45) is 1.20. The third kappa shape index (κ3) is 2.55. The Hall–Kier alpha value is -1.22. The molecule has 1 heterocycles. The van der Waals surface area contributed by atoms with E-state index in [1.165, 1.54) is 24.2 Å². The topological polar surface area (TPSA) is 32.5 Å². The van der Waals surface area contributed by atoms with Crippen molar-refractivity contribution in [3.8, 4) is 0 Å². The Bertz CT molecular complexity index is 369. The minimum absolute atomic E-state index is 0.519. The Morgan fingerprint density at radius 1 is 1.29 bits per heavy atom. The Labute approximate surface area is 104 Å². The molecule has 1 aromatic rings. The van der Waals surface area contributed by atoms with E-state index in [0.29, 0.717) is 6.04 Å². The summed E-state index contributed by atoms with van der Waals surface area (Å²) in [7, 11) is 2.20. The second-order valence-corrected chi connectivity index (χ2v) is 5.17. The molecule has 3 nitrogen and oxygen atoms in total. The predicted octanol–water partition coefficient (Wildman–Crippen LogP) is 2.11. The van der Waals surface area contributed by atoms with Gasteiger partial charge in [0, 0.05) is 19.1 Å². The molecule has 1 aliphatic rings. The van der Waals surface area contributed by atoms with Crippen LogP contribution in [0.2, 0.25) is 0 Å². The van der Waals surface area contributed by atoms with Crippen molar-refractivity contribution in [3.63, 3.8) is 0 Å². The Kier molecular flexibility index (Phi) is 3.57. The number of nitrogens with two attached hydrogens (primary N) is 1. The fourth-order valence-corrected chi connectivity index (χ4v) is 2.78. The van der Waals surface area contributed by atoms with E-state index in [-0.39, 0.29) is 0 Å². The number of likely N-dealkylation sites (N-methyl/N-ethyl adjacent to an activating group) is 1. The normalized spacial score (nSPS) is 22.5. The van der Waals surface area contributed by atoms with E-state index >= 15 is 0 Å². The lowest BCUT2D eigenvalue weighted by molar-refractivity contribution is 0.337. The van der Waals surface area contributed by atoms with E-state index in [0.717, 1.165) is 18.8 Å². The fourth-order valence-electron chi connectivity index (χ4n) is 2.78. The van der Waals surface area contributed by atoms with Crippen LogP contribution >= 0.6 is 0 Å². The number of hydrogen-bond acceptors (Lipinski definition) is 3. The lowest BCUT2D eigenvalue weighted by Gasteiger charge is -2.32. The van der Waals surface area contributed by atoms with Crippen molar-refractivity contribution in [1.29, 1.82) is 0 Å². The fraction of sp³-hybridized carbons (Fsp3) is 0.571. The van der Waals surface area contributed by atoms with Crippen LogP contribution in [-0.4, -0.2) is 37.6 Å². The smallest absolute Gasteiger partial charge is 0.0632 e. The van der Waals surface area contributed by atoms with Gasteiger partial charge in [0.05, 0.1) is 11.4 Å². The zero-order chi connectivity index (χ0) is 12.4. The average molecular weight is 233 g/mol. The van der Waals surface area contributed by atoms with Gasteiger partial charge >= 0.3 is 0 Å². The summed E-state index contributed by atoms with van der Waals surface area (Å²) in [5.74, 6) is 0. The van der Waals surface area contributed by atoms with Crippen LogP contribution in [0, 0.1) is 6.92 Å². The van der Waals surface area contributed by atoms with E-state index in [9.17, 15) is 0 Å². The molecule has 17 heavy (non-hydrogen) atoms. The van der Waals surface area contributed by atoms with Gasteiger partial charge in [-0.05, 0) is 45.5 Å². The van der Waals surface area contributed by atoms with Gasteiger partial charge in [0.2, 0.25) is 0 Å². The molecule has 0 bridgehead atoms. The third-order valence-electron chi connectivity index (χ3n) is 3.60. The van der Waals surface area contributed by atoms with Gasteiger partial charge in [-0.3, -0.25) is 0 Å². The van der Waals surface area contributed by atoms with Gasteiger partial charge in [-0.15, -0.1) is 0 Å². The summed E-state index contributed by atoms with van der Waals surface area (Å²) in [5, 5.41) is 0. The zero-order valence-corrected chi connectivity index (χ0v) is 11.1. The van der Waals surface area contributed by atoms with Gasteiger partial charge in [-0.2, -0.15) is 0 Å². The molecule has 0 saturated carbocycles. The largest absolute Gasteiger partial charge is 0.397 e. The van der Waals surface area contributed by atoms with Crippen LogP contribution in [0.3, 0.4) is 0 Å². The maximum Gasteiger partial charge on any atom is 0.0632 e. The minimum Gasteiger partial charge on any atom is -0.397 e. The van der Waals surface area contributed by atoms with Gasteiger partial charge < -0.3 is 15.5 Å². The Balaban J connectivity index is 2.31. The van der Waals surface area contributed by atoms with E-state index in [1.807, 2.05) is 12.1 Å². The quantitative estimate of drug-likeness (QED) is 0.754. The summed E-state index contributed by atoms with van der Waals surface area (Å²) < 4.78 is 0. The number of aryl methyl sites for hydroxylation is 1. The van der Waals surface area contributed by atoms with Crippen LogP contribution in [0.15, 0.2) is 18.2 Å². The molecule has 1 fully saturated rings. The first kappa shape index (κ1) is 12.2. The minimum atomic E-state index is 0.519. The Morgan fingerprint density at radius 3 is 2.76 bits per heavy atom. The highest BCUT2D eigenvalue weighted by molar-refractivity contribution is 5.71. The van der Waals surface area contributed by atoms with Crippen molar-refractivity contribution in [2.75, 3.05) is 37.3 Å². The molecular weight excluding hydrogens is 210 g/mol. The number of anilines is 2. The molecule has 2 N–H and O–H groups in total. The monoisotopic (exact) mass is 233 g/mol. The van der Waals surface area contributed by atoms with E-state index in [4.69, 9.17) is 5.73 Å². The summed E-state index contributed by atoms with van der Waals surface area (Å²) in [4.78, 5) is 4.87. The van der Waals surface area contributed by atoms with Crippen molar-refractivity contribution in [3.05, 3.63) is 23.8 Å². The van der Waals surface area contributed by atoms with E-state index in [1.54, 1.807) is 0 Å². The number of nitrogens with zero attached hydrogens (tertiary/aromatic N) is 2. The number of rotatable bonds is 1. The van der Waals surface area contributed by atoms with Crippen molar-refractivity contribution in [2.24, 2.45) is 0 Å². The molecular formula is C14H23N3. The lowest BCUT2D eigenvalue weighted by Crippen LogP contribution is -2.38. The van der Waals surface area contributed by atoms with Crippen molar-refractivity contribution in [2.45, 2.75) is 26.3 Å². The molecule has 1 aliphatic heterocycles. The van der Waals surface area contributed by atoms with Crippen LogP contribution in [0.5, 0.6) is 0 Å². The lowest BCUT2D eigenvalue weighted by atomic mass is 10.1. The molecule has 2 rings (SSSR count). The standard InChI is InChI=1S/C14H23N3/c1-11-6-4-7-13(15)14(11)17-9-5-8-16(3)10-12(17)2/h4,6-7,12H,5,8-10,15H2,1-3H3. The van der Waals surface area contributed by atoms with Crippen LogP contribution in [0.25, 0.3) is 0 Å². The molecule has 1 aromatic carbocycles. The molecule has 0 spiro atoms. The molecule has 0 radical (unpaired) electrons. The van der Waals surface area contributed by atoms with E-state index < -0.39 is 0 Å². The van der Waals surface area contributed by atoms with Gasteiger partial charge in [-0.1, -0.05) is 12.1 Å². The second-order valence-electron chi connectivity index (χ2n) is 5.17. The number of hydrogen-bond donors (Lipinski definition) is 1. The van der Waals surface area contributed by atoms with Gasteiger partial charge in [0.1, 0.15) is 0 Å². The number of benzene rings is 1. The SMILES string of the molecule is Cc1cccc(N)c1N1CCCN(C)CC1C. The Morgan fingerprint density at radius 2 is 2.06 bits per heavy atom. The first-order chi connectivity index (χ1) is 8.09. The van der Waals surface area contributed by atoms with Crippen molar-refractivity contribution < 1.29 is 0 Å². The first-order valence-corrected chi connectivity index (χ1v) is 6.40. The summed E-state index contributed by atoms with van der Waals surface area (Å²) in [6.45, 7) is 7.81. The maximum absolute atomic E-state index is 6.14. The van der Waals surface area contributed by atoms with Crippen molar-refractivity contribution in [1.82, 2.24) is 4.90 Å². The van der Waals surface area contributed by atoms with Gasteiger partial charge in [0.15, 0.2) is 0 Å². The predicted molar refractivity (Wildman–Crippen MR) is 74.5 cm³/mol. The molecule has 3 heteroatoms. The molecule has 0 aliphatic carbocycles. The number of para-hydroxylation sites is 1. The zero-order valence-electron chi connectivity index (χ0n) is 11.1.